The molecule has 1 aromatic rings. The van der Waals surface area contributed by atoms with E-state index in [1.165, 1.54) is 65.5 Å². The highest BCUT2D eigenvalue weighted by molar-refractivity contribution is 5.85. The monoisotopic (exact) mass is 295 g/mol. The summed E-state index contributed by atoms with van der Waals surface area (Å²) >= 11 is 0. The van der Waals surface area contributed by atoms with Gasteiger partial charge in [-0.3, -0.25) is 0 Å². The van der Waals surface area contributed by atoms with Crippen LogP contribution < -0.4 is 5.73 Å². The SMILES string of the molecule is Cc1c(C)c(C)c([C@@H](N)C2CCCCC2)c(C)c1C.Cl. The zero-order valence-corrected chi connectivity index (χ0v) is 14.5. The largest absolute Gasteiger partial charge is 0.324 e. The molecule has 0 bridgehead atoms. The van der Waals surface area contributed by atoms with Crippen LogP contribution in [0, 0.1) is 40.5 Å². The Kier molecular flexibility index (Phi) is 6.09. The molecule has 2 rings (SSSR count). The number of hydrogen-bond acceptors (Lipinski definition) is 1. The maximum Gasteiger partial charge on any atom is 0.0328 e. The van der Waals surface area contributed by atoms with Crippen molar-refractivity contribution in [2.45, 2.75) is 72.8 Å². The fourth-order valence-electron chi connectivity index (χ4n) is 3.76. The maximum absolute atomic E-state index is 6.66. The van der Waals surface area contributed by atoms with Crippen molar-refractivity contribution in [1.29, 1.82) is 0 Å². The van der Waals surface area contributed by atoms with Gasteiger partial charge in [-0.05, 0) is 86.8 Å². The number of halogens is 1. The van der Waals surface area contributed by atoms with E-state index in [9.17, 15) is 0 Å². The number of nitrogens with two attached hydrogens (primary N) is 1. The summed E-state index contributed by atoms with van der Waals surface area (Å²) in [5.41, 5.74) is 15.3. The van der Waals surface area contributed by atoms with E-state index >= 15 is 0 Å². The van der Waals surface area contributed by atoms with E-state index in [1.54, 1.807) is 0 Å². The molecule has 0 unspecified atom stereocenters. The average Bonchev–Trinajstić information content (AvgIpc) is 2.44. The molecule has 2 N–H and O–H groups in total. The minimum absolute atomic E-state index is 0. The second-order valence-electron chi connectivity index (χ2n) is 6.46. The van der Waals surface area contributed by atoms with Gasteiger partial charge in [-0.2, -0.15) is 0 Å². The molecular weight excluding hydrogens is 266 g/mol. The quantitative estimate of drug-likeness (QED) is 0.794. The van der Waals surface area contributed by atoms with Crippen molar-refractivity contribution in [3.05, 3.63) is 33.4 Å². The molecule has 1 aliphatic carbocycles. The summed E-state index contributed by atoms with van der Waals surface area (Å²) in [7, 11) is 0. The Bertz CT molecular complexity index is 444. The van der Waals surface area contributed by atoms with Crippen LogP contribution in [-0.2, 0) is 0 Å². The van der Waals surface area contributed by atoms with Crippen LogP contribution in [0.1, 0.15) is 71.5 Å². The molecule has 1 atom stereocenters. The van der Waals surface area contributed by atoms with E-state index in [2.05, 4.69) is 34.6 Å². The molecule has 20 heavy (non-hydrogen) atoms. The van der Waals surface area contributed by atoms with Crippen LogP contribution in [0.15, 0.2) is 0 Å². The van der Waals surface area contributed by atoms with Gasteiger partial charge in [0.2, 0.25) is 0 Å². The fourth-order valence-corrected chi connectivity index (χ4v) is 3.76. The standard InChI is InChI=1S/C18H29N.ClH/c1-11-12(2)14(4)17(15(5)13(11)3)18(19)16-9-7-6-8-10-16;/h16,18H,6-10,19H2,1-5H3;1H/t18-;/m0./s1. The van der Waals surface area contributed by atoms with Gasteiger partial charge in [-0.1, -0.05) is 19.3 Å². The van der Waals surface area contributed by atoms with Crippen LogP contribution in [0.5, 0.6) is 0 Å². The molecule has 0 aromatic heterocycles. The number of rotatable bonds is 2. The van der Waals surface area contributed by atoms with E-state index in [1.807, 2.05) is 0 Å². The number of hydrogen-bond donors (Lipinski definition) is 1. The van der Waals surface area contributed by atoms with E-state index in [0.29, 0.717) is 5.92 Å². The first-order valence-corrected chi connectivity index (χ1v) is 7.77. The molecule has 1 fully saturated rings. The summed E-state index contributed by atoms with van der Waals surface area (Å²) in [6.07, 6.45) is 6.74. The third-order valence-electron chi connectivity index (χ3n) is 5.55. The van der Waals surface area contributed by atoms with Crippen molar-refractivity contribution in [3.63, 3.8) is 0 Å². The zero-order chi connectivity index (χ0) is 14.2. The first-order valence-electron chi connectivity index (χ1n) is 7.77. The molecule has 0 spiro atoms. The van der Waals surface area contributed by atoms with Gasteiger partial charge in [0.25, 0.3) is 0 Å². The smallest absolute Gasteiger partial charge is 0.0328 e. The van der Waals surface area contributed by atoms with Gasteiger partial charge in [0.05, 0.1) is 0 Å². The lowest BCUT2D eigenvalue weighted by atomic mass is 9.77. The minimum Gasteiger partial charge on any atom is -0.324 e. The van der Waals surface area contributed by atoms with E-state index in [0.717, 1.165) is 0 Å². The molecule has 0 amide bonds. The molecule has 1 aromatic carbocycles. The minimum atomic E-state index is 0. The Balaban J connectivity index is 0.00000200. The van der Waals surface area contributed by atoms with Gasteiger partial charge in [0.1, 0.15) is 0 Å². The second-order valence-corrected chi connectivity index (χ2v) is 6.46. The van der Waals surface area contributed by atoms with Crippen molar-refractivity contribution >= 4 is 12.4 Å². The first kappa shape index (κ1) is 17.5. The summed E-state index contributed by atoms with van der Waals surface area (Å²) in [4.78, 5) is 0. The molecule has 0 heterocycles. The molecule has 0 aliphatic heterocycles. The van der Waals surface area contributed by atoms with Gasteiger partial charge in [0.15, 0.2) is 0 Å². The van der Waals surface area contributed by atoms with Gasteiger partial charge >= 0.3 is 0 Å². The maximum atomic E-state index is 6.66. The lowest BCUT2D eigenvalue weighted by molar-refractivity contribution is 0.307. The van der Waals surface area contributed by atoms with Gasteiger partial charge in [-0.15, -0.1) is 12.4 Å². The summed E-state index contributed by atoms with van der Waals surface area (Å²) in [5, 5.41) is 0. The van der Waals surface area contributed by atoms with Crippen molar-refractivity contribution in [2.24, 2.45) is 11.7 Å². The van der Waals surface area contributed by atoms with Crippen LogP contribution in [0.3, 0.4) is 0 Å². The lowest BCUT2D eigenvalue weighted by Gasteiger charge is -2.31. The Morgan fingerprint density at radius 3 is 1.60 bits per heavy atom. The molecule has 0 radical (unpaired) electrons. The third-order valence-corrected chi connectivity index (χ3v) is 5.55. The van der Waals surface area contributed by atoms with Crippen molar-refractivity contribution in [3.8, 4) is 0 Å². The van der Waals surface area contributed by atoms with Crippen LogP contribution in [0.4, 0.5) is 0 Å². The van der Waals surface area contributed by atoms with E-state index < -0.39 is 0 Å². The topological polar surface area (TPSA) is 26.0 Å². The highest BCUT2D eigenvalue weighted by Gasteiger charge is 2.25. The Labute approximate surface area is 130 Å². The highest BCUT2D eigenvalue weighted by atomic mass is 35.5. The second kappa shape index (κ2) is 6.95. The molecular formula is C18H30ClN. The Hall–Kier alpha value is -0.530. The summed E-state index contributed by atoms with van der Waals surface area (Å²) in [6.45, 7) is 11.2. The highest BCUT2D eigenvalue weighted by Crippen LogP contribution is 2.37. The van der Waals surface area contributed by atoms with Crippen molar-refractivity contribution < 1.29 is 0 Å². The van der Waals surface area contributed by atoms with Gasteiger partial charge in [-0.25, -0.2) is 0 Å². The normalized spacial score (nSPS) is 17.7. The fraction of sp³-hybridized carbons (Fsp3) is 0.667. The van der Waals surface area contributed by atoms with E-state index in [-0.39, 0.29) is 18.4 Å². The molecule has 114 valence electrons. The van der Waals surface area contributed by atoms with Crippen LogP contribution in [0.25, 0.3) is 0 Å². The summed E-state index contributed by atoms with van der Waals surface area (Å²) in [5.74, 6) is 0.688. The molecule has 1 aliphatic rings. The van der Waals surface area contributed by atoms with Crippen LogP contribution in [0.2, 0.25) is 0 Å². The zero-order valence-electron chi connectivity index (χ0n) is 13.7. The lowest BCUT2D eigenvalue weighted by Crippen LogP contribution is -2.26. The predicted octanol–water partition coefficient (Wildman–Crippen LogP) is 5.23. The van der Waals surface area contributed by atoms with Gasteiger partial charge < -0.3 is 5.73 Å². The summed E-state index contributed by atoms with van der Waals surface area (Å²) in [6, 6.07) is 0.235. The first-order chi connectivity index (χ1) is 8.95. The number of benzene rings is 1. The van der Waals surface area contributed by atoms with Crippen molar-refractivity contribution in [1.82, 2.24) is 0 Å². The van der Waals surface area contributed by atoms with E-state index in [4.69, 9.17) is 5.73 Å². The average molecular weight is 296 g/mol. The third kappa shape index (κ3) is 3.04. The van der Waals surface area contributed by atoms with Crippen LogP contribution in [-0.4, -0.2) is 0 Å². The molecule has 0 saturated heterocycles. The molecule has 2 heteroatoms. The Morgan fingerprint density at radius 2 is 1.15 bits per heavy atom. The van der Waals surface area contributed by atoms with Crippen molar-refractivity contribution in [2.75, 3.05) is 0 Å². The molecule has 1 nitrogen and oxygen atoms in total. The Morgan fingerprint density at radius 1 is 0.750 bits per heavy atom. The summed E-state index contributed by atoms with van der Waals surface area (Å²) < 4.78 is 0. The van der Waals surface area contributed by atoms with Gasteiger partial charge in [0, 0.05) is 6.04 Å². The van der Waals surface area contributed by atoms with Crippen LogP contribution >= 0.6 is 12.4 Å². The predicted molar refractivity (Wildman–Crippen MR) is 90.9 cm³/mol. The molecule has 1 saturated carbocycles.